The normalized spacial score (nSPS) is 17.0. The minimum absolute atomic E-state index is 0.213. The molecule has 0 saturated carbocycles. The molecule has 3 heteroatoms. The molecule has 1 N–H and O–H groups in total. The largest absolute Gasteiger partial charge is 0.361 e. The van der Waals surface area contributed by atoms with Gasteiger partial charge < -0.3 is 9.88 Å². The molecule has 0 bridgehead atoms. The van der Waals surface area contributed by atoms with Crippen LogP contribution in [0.5, 0.6) is 0 Å². The van der Waals surface area contributed by atoms with Gasteiger partial charge in [0.05, 0.1) is 0 Å². The van der Waals surface area contributed by atoms with E-state index >= 15 is 0 Å². The molecule has 0 aliphatic carbocycles. The number of nitrogens with zero attached hydrogens (tertiary/aromatic N) is 1. The highest BCUT2D eigenvalue weighted by molar-refractivity contribution is 5.83. The van der Waals surface area contributed by atoms with Crippen LogP contribution in [0.15, 0.2) is 30.5 Å². The maximum absolute atomic E-state index is 11.3. The summed E-state index contributed by atoms with van der Waals surface area (Å²) in [5.74, 6) is 0.917. The number of nitrogens with one attached hydrogen (secondary N) is 1. The summed E-state index contributed by atoms with van der Waals surface area (Å²) in [5, 5.41) is 1.34. The van der Waals surface area contributed by atoms with Crippen molar-refractivity contribution in [3.05, 3.63) is 36.0 Å². The van der Waals surface area contributed by atoms with Crippen LogP contribution < -0.4 is 0 Å². The number of hydrogen-bond donors (Lipinski definition) is 1. The van der Waals surface area contributed by atoms with Crippen LogP contribution >= 0.6 is 0 Å². The summed E-state index contributed by atoms with van der Waals surface area (Å²) < 4.78 is 0. The number of para-hydroxylation sites is 1. The fourth-order valence-corrected chi connectivity index (χ4v) is 3.06. The van der Waals surface area contributed by atoms with Gasteiger partial charge >= 0.3 is 0 Å². The minimum atomic E-state index is 0.213. The van der Waals surface area contributed by atoms with Gasteiger partial charge in [0.25, 0.3) is 0 Å². The molecular formula is C16H20N2O. The van der Waals surface area contributed by atoms with Gasteiger partial charge in [-0.05, 0) is 36.8 Å². The molecule has 19 heavy (non-hydrogen) atoms. The van der Waals surface area contributed by atoms with Gasteiger partial charge in [0, 0.05) is 37.1 Å². The number of hydrogen-bond acceptors (Lipinski definition) is 1. The summed E-state index contributed by atoms with van der Waals surface area (Å²) in [7, 11) is 0. The monoisotopic (exact) mass is 256 g/mol. The van der Waals surface area contributed by atoms with Crippen molar-refractivity contribution in [3.8, 4) is 0 Å². The predicted molar refractivity (Wildman–Crippen MR) is 77.0 cm³/mol. The lowest BCUT2D eigenvalue weighted by molar-refractivity contribution is -0.130. The van der Waals surface area contributed by atoms with E-state index in [0.717, 1.165) is 32.4 Å². The van der Waals surface area contributed by atoms with Gasteiger partial charge in [0.2, 0.25) is 5.91 Å². The Balaban J connectivity index is 1.68. The summed E-state index contributed by atoms with van der Waals surface area (Å²) in [5.41, 5.74) is 2.63. The third-order valence-corrected chi connectivity index (χ3v) is 4.24. The molecule has 0 spiro atoms. The Hall–Kier alpha value is -1.77. The molecular weight excluding hydrogens is 236 g/mol. The van der Waals surface area contributed by atoms with E-state index in [1.165, 1.54) is 16.5 Å². The van der Waals surface area contributed by atoms with Crippen molar-refractivity contribution in [3.63, 3.8) is 0 Å². The van der Waals surface area contributed by atoms with Crippen LogP contribution in [0, 0.1) is 5.92 Å². The van der Waals surface area contributed by atoms with E-state index in [2.05, 4.69) is 35.4 Å². The van der Waals surface area contributed by atoms with Crippen molar-refractivity contribution >= 4 is 16.8 Å². The molecule has 1 aromatic heterocycles. The Labute approximate surface area is 113 Å². The van der Waals surface area contributed by atoms with E-state index < -0.39 is 0 Å². The summed E-state index contributed by atoms with van der Waals surface area (Å²) >= 11 is 0. The highest BCUT2D eigenvalue weighted by atomic mass is 16.2. The van der Waals surface area contributed by atoms with Gasteiger partial charge in [0.1, 0.15) is 0 Å². The van der Waals surface area contributed by atoms with Crippen molar-refractivity contribution < 1.29 is 4.79 Å². The zero-order valence-electron chi connectivity index (χ0n) is 11.4. The number of rotatable bonds is 2. The van der Waals surface area contributed by atoms with Gasteiger partial charge in [-0.2, -0.15) is 0 Å². The fraction of sp³-hybridized carbons (Fsp3) is 0.438. The van der Waals surface area contributed by atoms with Crippen LogP contribution in [-0.2, 0) is 11.2 Å². The second-order valence-corrected chi connectivity index (χ2v) is 5.51. The maximum Gasteiger partial charge on any atom is 0.219 e. The molecule has 1 amide bonds. The van der Waals surface area contributed by atoms with Crippen molar-refractivity contribution in [2.75, 3.05) is 13.1 Å². The zero-order chi connectivity index (χ0) is 13.2. The van der Waals surface area contributed by atoms with Crippen LogP contribution in [0.1, 0.15) is 25.3 Å². The van der Waals surface area contributed by atoms with Gasteiger partial charge in [-0.1, -0.05) is 18.2 Å². The number of fused-ring (bicyclic) bond motifs is 1. The Morgan fingerprint density at radius 2 is 2.05 bits per heavy atom. The molecule has 0 atom stereocenters. The Kier molecular flexibility index (Phi) is 3.28. The molecule has 2 heterocycles. The van der Waals surface area contributed by atoms with Crippen molar-refractivity contribution in [2.24, 2.45) is 5.92 Å². The van der Waals surface area contributed by atoms with Crippen LogP contribution in [-0.4, -0.2) is 28.9 Å². The summed E-state index contributed by atoms with van der Waals surface area (Å²) in [6, 6.07) is 8.47. The second-order valence-electron chi connectivity index (χ2n) is 5.51. The number of piperidine rings is 1. The third kappa shape index (κ3) is 2.50. The Morgan fingerprint density at radius 1 is 1.32 bits per heavy atom. The topological polar surface area (TPSA) is 36.1 Å². The lowest BCUT2D eigenvalue weighted by Gasteiger charge is -2.31. The number of carbonyl (C=O) groups excluding carboxylic acids is 1. The number of carbonyl (C=O) groups is 1. The molecule has 0 unspecified atom stereocenters. The first-order valence-electron chi connectivity index (χ1n) is 7.04. The van der Waals surface area contributed by atoms with Crippen LogP contribution in [0.25, 0.3) is 10.9 Å². The van der Waals surface area contributed by atoms with E-state index in [1.807, 2.05) is 4.90 Å². The molecule has 1 aliphatic rings. The smallest absolute Gasteiger partial charge is 0.219 e. The zero-order valence-corrected chi connectivity index (χ0v) is 11.4. The molecule has 3 nitrogen and oxygen atoms in total. The van der Waals surface area contributed by atoms with Gasteiger partial charge in [-0.15, -0.1) is 0 Å². The quantitative estimate of drug-likeness (QED) is 0.881. The molecule has 1 fully saturated rings. The van der Waals surface area contributed by atoms with E-state index in [1.54, 1.807) is 6.92 Å². The van der Waals surface area contributed by atoms with E-state index in [-0.39, 0.29) is 5.91 Å². The summed E-state index contributed by atoms with van der Waals surface area (Å²) in [6.45, 7) is 3.50. The highest BCUT2D eigenvalue weighted by Crippen LogP contribution is 2.26. The van der Waals surface area contributed by atoms with Crippen LogP contribution in [0.4, 0.5) is 0 Å². The number of H-pyrrole nitrogens is 1. The standard InChI is InChI=1S/C16H20N2O/c1-12(19)18-8-6-13(7-9-18)10-14-11-17-16-5-3-2-4-15(14)16/h2-5,11,13,17H,6-10H2,1H3. The summed E-state index contributed by atoms with van der Waals surface area (Å²) in [4.78, 5) is 16.6. The molecule has 1 saturated heterocycles. The molecule has 0 radical (unpaired) electrons. The van der Waals surface area contributed by atoms with Crippen LogP contribution in [0.3, 0.4) is 0 Å². The number of likely N-dealkylation sites (tertiary alicyclic amines) is 1. The van der Waals surface area contributed by atoms with Crippen molar-refractivity contribution in [1.82, 2.24) is 9.88 Å². The average Bonchev–Trinajstić information content (AvgIpc) is 2.83. The minimum Gasteiger partial charge on any atom is -0.361 e. The second kappa shape index (κ2) is 5.08. The SMILES string of the molecule is CC(=O)N1CCC(Cc2c[nH]c3ccccc23)CC1. The first-order chi connectivity index (χ1) is 9.24. The molecule has 3 rings (SSSR count). The van der Waals surface area contributed by atoms with Gasteiger partial charge in [-0.25, -0.2) is 0 Å². The maximum atomic E-state index is 11.3. The molecule has 1 aliphatic heterocycles. The molecule has 2 aromatic rings. The first-order valence-corrected chi connectivity index (χ1v) is 7.04. The van der Waals surface area contributed by atoms with Crippen molar-refractivity contribution in [2.45, 2.75) is 26.2 Å². The number of aromatic nitrogens is 1. The van der Waals surface area contributed by atoms with E-state index in [4.69, 9.17) is 0 Å². The van der Waals surface area contributed by atoms with Crippen LogP contribution in [0.2, 0.25) is 0 Å². The third-order valence-electron chi connectivity index (χ3n) is 4.24. The van der Waals surface area contributed by atoms with E-state index in [9.17, 15) is 4.79 Å². The molecule has 1 aromatic carbocycles. The van der Waals surface area contributed by atoms with E-state index in [0.29, 0.717) is 5.92 Å². The van der Waals surface area contributed by atoms with Gasteiger partial charge in [-0.3, -0.25) is 4.79 Å². The predicted octanol–water partition coefficient (Wildman–Crippen LogP) is 2.97. The van der Waals surface area contributed by atoms with Gasteiger partial charge in [0.15, 0.2) is 0 Å². The fourth-order valence-electron chi connectivity index (χ4n) is 3.06. The number of aromatic amines is 1. The lowest BCUT2D eigenvalue weighted by atomic mass is 9.90. The Bertz CT molecular complexity index is 579. The number of benzene rings is 1. The molecule has 100 valence electrons. The lowest BCUT2D eigenvalue weighted by Crippen LogP contribution is -2.37. The highest BCUT2D eigenvalue weighted by Gasteiger charge is 2.21. The van der Waals surface area contributed by atoms with Crippen molar-refractivity contribution in [1.29, 1.82) is 0 Å². The Morgan fingerprint density at radius 3 is 2.79 bits per heavy atom. The average molecular weight is 256 g/mol. The number of amides is 1. The first kappa shape index (κ1) is 12.3. The summed E-state index contributed by atoms with van der Waals surface area (Å²) in [6.07, 6.45) is 5.51.